The molecule has 0 unspecified atom stereocenters. The van der Waals surface area contributed by atoms with E-state index < -0.39 is 5.91 Å². The lowest BCUT2D eigenvalue weighted by atomic mass is 10.1. The van der Waals surface area contributed by atoms with E-state index in [0.29, 0.717) is 16.9 Å². The van der Waals surface area contributed by atoms with Crippen molar-refractivity contribution in [3.63, 3.8) is 0 Å². The molecule has 27 heavy (non-hydrogen) atoms. The second-order valence-electron chi connectivity index (χ2n) is 5.87. The van der Waals surface area contributed by atoms with Crippen molar-refractivity contribution >= 4 is 57.3 Å². The van der Waals surface area contributed by atoms with Gasteiger partial charge in [0.2, 0.25) is 5.91 Å². The van der Waals surface area contributed by atoms with Gasteiger partial charge in [0.25, 0.3) is 5.91 Å². The zero-order chi connectivity index (χ0) is 19.6. The molecule has 3 rings (SSSR count). The smallest absolute Gasteiger partial charge is 0.258 e. The van der Waals surface area contributed by atoms with Crippen LogP contribution in [0.2, 0.25) is 10.0 Å². The molecule has 0 fully saturated rings. The van der Waals surface area contributed by atoms with Crippen molar-refractivity contribution < 1.29 is 9.59 Å². The number of rotatable bonds is 4. The molecule has 2 amide bonds. The van der Waals surface area contributed by atoms with Gasteiger partial charge in [0.15, 0.2) is 0 Å². The first-order valence-electron chi connectivity index (χ1n) is 8.04. The third-order valence-electron chi connectivity index (χ3n) is 3.91. The van der Waals surface area contributed by atoms with Crippen molar-refractivity contribution in [2.24, 2.45) is 0 Å². The Morgan fingerprint density at radius 2 is 1.70 bits per heavy atom. The number of nitrogens with one attached hydrogen (secondary N) is 3. The van der Waals surface area contributed by atoms with Crippen LogP contribution in [-0.2, 0) is 4.79 Å². The normalized spacial score (nSPS) is 10.5. The molecule has 0 saturated carbocycles. The third kappa shape index (κ3) is 3.97. The molecule has 138 valence electrons. The zero-order valence-electron chi connectivity index (χ0n) is 14.6. The van der Waals surface area contributed by atoms with Crippen LogP contribution in [0.5, 0.6) is 0 Å². The summed E-state index contributed by atoms with van der Waals surface area (Å²) in [5, 5.41) is 4.11. The lowest BCUT2D eigenvalue weighted by molar-refractivity contribution is -0.118. The summed E-state index contributed by atoms with van der Waals surface area (Å²) in [6, 6.07) is 10.2. The summed E-state index contributed by atoms with van der Waals surface area (Å²) in [6.07, 6.45) is 1.59. The number of hydrogen-bond acceptors (Lipinski definition) is 4. The van der Waals surface area contributed by atoms with E-state index in [1.165, 1.54) is 6.92 Å². The Balaban J connectivity index is 2.03. The van der Waals surface area contributed by atoms with Crippen LogP contribution in [0, 0.1) is 6.92 Å². The van der Waals surface area contributed by atoms with Crippen molar-refractivity contribution in [3.8, 4) is 0 Å². The van der Waals surface area contributed by atoms with Gasteiger partial charge in [0, 0.05) is 18.5 Å². The largest absolute Gasteiger partial charge is 0.320 e. The zero-order valence-corrected chi connectivity index (χ0v) is 16.1. The fourth-order valence-electron chi connectivity index (χ4n) is 2.70. The van der Waals surface area contributed by atoms with Gasteiger partial charge in [-0.2, -0.15) is 0 Å². The number of anilines is 2. The first-order valence-corrected chi connectivity index (χ1v) is 8.80. The number of nitrogens with zero attached hydrogens (tertiary/aromatic N) is 1. The summed E-state index contributed by atoms with van der Waals surface area (Å²) in [7, 11) is 0. The SMILES string of the molecule is CC(=O)NNc1ccnc2c(NC(=O)c3c(Cl)cccc3Cl)ccc(C)c12. The van der Waals surface area contributed by atoms with Gasteiger partial charge in [-0.1, -0.05) is 35.3 Å². The molecule has 3 N–H and O–H groups in total. The minimum absolute atomic E-state index is 0.196. The topological polar surface area (TPSA) is 83.1 Å². The molecule has 1 heterocycles. The maximum Gasteiger partial charge on any atom is 0.258 e. The molecular formula is C19H16Cl2N4O2. The number of hydrogen-bond donors (Lipinski definition) is 3. The molecule has 0 radical (unpaired) electrons. The highest BCUT2D eigenvalue weighted by Gasteiger charge is 2.17. The maximum atomic E-state index is 12.7. The molecule has 0 aliphatic rings. The van der Waals surface area contributed by atoms with E-state index in [2.05, 4.69) is 21.2 Å². The summed E-state index contributed by atoms with van der Waals surface area (Å²) in [6.45, 7) is 3.32. The molecule has 0 atom stereocenters. The Labute approximate surface area is 165 Å². The molecule has 0 aliphatic heterocycles. The highest BCUT2D eigenvalue weighted by Crippen LogP contribution is 2.31. The van der Waals surface area contributed by atoms with E-state index >= 15 is 0 Å². The van der Waals surface area contributed by atoms with Crippen LogP contribution in [0.1, 0.15) is 22.8 Å². The van der Waals surface area contributed by atoms with Crippen LogP contribution in [0.4, 0.5) is 11.4 Å². The van der Waals surface area contributed by atoms with E-state index in [1.54, 1.807) is 36.5 Å². The molecule has 0 bridgehead atoms. The van der Waals surface area contributed by atoms with Crippen LogP contribution in [0.15, 0.2) is 42.6 Å². The molecule has 1 aromatic heterocycles. The quantitative estimate of drug-likeness (QED) is 0.558. The monoisotopic (exact) mass is 402 g/mol. The van der Waals surface area contributed by atoms with Crippen LogP contribution >= 0.6 is 23.2 Å². The van der Waals surface area contributed by atoms with Crippen LogP contribution in [0.3, 0.4) is 0 Å². The lowest BCUT2D eigenvalue weighted by Crippen LogP contribution is -2.26. The van der Waals surface area contributed by atoms with Gasteiger partial charge in [0.05, 0.1) is 32.5 Å². The van der Waals surface area contributed by atoms with Gasteiger partial charge in [-0.15, -0.1) is 0 Å². The van der Waals surface area contributed by atoms with Crippen molar-refractivity contribution in [1.82, 2.24) is 10.4 Å². The van der Waals surface area contributed by atoms with Gasteiger partial charge in [-0.05, 0) is 36.8 Å². The number of carbonyl (C=O) groups is 2. The predicted molar refractivity (Wildman–Crippen MR) is 108 cm³/mol. The number of carbonyl (C=O) groups excluding carboxylic acids is 2. The predicted octanol–water partition coefficient (Wildman–Crippen LogP) is 4.57. The minimum atomic E-state index is -0.433. The molecule has 3 aromatic rings. The summed E-state index contributed by atoms with van der Waals surface area (Å²) in [4.78, 5) is 28.3. The Kier molecular flexibility index (Phi) is 5.48. The van der Waals surface area contributed by atoms with Crippen molar-refractivity contribution in [2.75, 3.05) is 10.7 Å². The van der Waals surface area contributed by atoms with E-state index in [-0.39, 0.29) is 21.5 Å². The first-order chi connectivity index (χ1) is 12.9. The van der Waals surface area contributed by atoms with Gasteiger partial charge >= 0.3 is 0 Å². The first kappa shape index (κ1) is 18.9. The number of benzene rings is 2. The summed E-state index contributed by atoms with van der Waals surface area (Å²) in [5.74, 6) is -0.659. The Morgan fingerprint density at radius 3 is 2.37 bits per heavy atom. The van der Waals surface area contributed by atoms with Crippen LogP contribution in [-0.4, -0.2) is 16.8 Å². The van der Waals surface area contributed by atoms with Gasteiger partial charge in [-0.25, -0.2) is 0 Å². The lowest BCUT2D eigenvalue weighted by Gasteiger charge is -2.15. The van der Waals surface area contributed by atoms with E-state index in [4.69, 9.17) is 23.2 Å². The van der Waals surface area contributed by atoms with E-state index in [0.717, 1.165) is 10.9 Å². The van der Waals surface area contributed by atoms with Crippen molar-refractivity contribution in [1.29, 1.82) is 0 Å². The average Bonchev–Trinajstić information content (AvgIpc) is 2.62. The number of fused-ring (bicyclic) bond motifs is 1. The number of aromatic nitrogens is 1. The average molecular weight is 403 g/mol. The fourth-order valence-corrected chi connectivity index (χ4v) is 3.26. The minimum Gasteiger partial charge on any atom is -0.320 e. The molecule has 8 heteroatoms. The second kappa shape index (κ2) is 7.82. The van der Waals surface area contributed by atoms with Crippen molar-refractivity contribution in [2.45, 2.75) is 13.8 Å². The molecule has 0 spiro atoms. The highest BCUT2D eigenvalue weighted by molar-refractivity contribution is 6.40. The molecular weight excluding hydrogens is 387 g/mol. The summed E-state index contributed by atoms with van der Waals surface area (Å²) >= 11 is 12.2. The number of halogens is 2. The van der Waals surface area contributed by atoms with Crippen molar-refractivity contribution in [3.05, 3.63) is 63.8 Å². The van der Waals surface area contributed by atoms with E-state index in [1.807, 2.05) is 13.0 Å². The number of amides is 2. The van der Waals surface area contributed by atoms with E-state index in [9.17, 15) is 9.59 Å². The van der Waals surface area contributed by atoms with Crippen LogP contribution < -0.4 is 16.2 Å². The number of pyridine rings is 1. The van der Waals surface area contributed by atoms with Crippen LogP contribution in [0.25, 0.3) is 10.9 Å². The third-order valence-corrected chi connectivity index (χ3v) is 4.54. The second-order valence-corrected chi connectivity index (χ2v) is 6.68. The van der Waals surface area contributed by atoms with Gasteiger partial charge in [0.1, 0.15) is 0 Å². The Morgan fingerprint density at radius 1 is 1.00 bits per heavy atom. The Hall–Kier alpha value is -2.83. The molecule has 2 aromatic carbocycles. The number of aryl methyl sites for hydroxylation is 1. The van der Waals surface area contributed by atoms with Gasteiger partial charge < -0.3 is 5.32 Å². The highest BCUT2D eigenvalue weighted by atomic mass is 35.5. The van der Waals surface area contributed by atoms with Gasteiger partial charge in [-0.3, -0.25) is 25.4 Å². The summed E-state index contributed by atoms with van der Waals surface area (Å²) in [5.41, 5.74) is 8.27. The molecule has 6 nitrogen and oxygen atoms in total. The molecule has 0 saturated heterocycles. The fraction of sp³-hybridized carbons (Fsp3) is 0.105. The molecule has 0 aliphatic carbocycles. The standard InChI is InChI=1S/C19H16Cl2N4O2/c1-10-6-7-15(23-19(27)17-12(20)4-3-5-13(17)21)18-16(10)14(8-9-22-18)25-24-11(2)26/h3-9H,1-2H3,(H,22,25)(H,23,27)(H,24,26). The maximum absolute atomic E-state index is 12.7. The summed E-state index contributed by atoms with van der Waals surface area (Å²) < 4.78 is 0. The Bertz CT molecular complexity index is 1030. The number of hydrazine groups is 1.